The molecule has 0 radical (unpaired) electrons. The number of aliphatic hydroxyl groups excluding tert-OH is 1. The first-order chi connectivity index (χ1) is 16.9. The normalized spacial score (nSPS) is 20.9. The Morgan fingerprint density at radius 2 is 1.91 bits per heavy atom. The quantitative estimate of drug-likeness (QED) is 0.565. The molecule has 0 spiro atoms. The van der Waals surface area contributed by atoms with E-state index in [-0.39, 0.29) is 17.7 Å². The Labute approximate surface area is 212 Å². The van der Waals surface area contributed by atoms with Crippen LogP contribution in [0.25, 0.3) is 0 Å². The lowest BCUT2D eigenvalue weighted by atomic mass is 9.93. The van der Waals surface area contributed by atoms with Gasteiger partial charge in [-0.1, -0.05) is 30.7 Å². The second kappa shape index (κ2) is 11.6. The van der Waals surface area contributed by atoms with Crippen molar-refractivity contribution in [2.45, 2.75) is 37.7 Å². The predicted molar refractivity (Wildman–Crippen MR) is 137 cm³/mol. The fourth-order valence-corrected chi connectivity index (χ4v) is 5.28. The monoisotopic (exact) mass is 501 g/mol. The van der Waals surface area contributed by atoms with Crippen LogP contribution in [0, 0.1) is 0 Å². The lowest BCUT2D eigenvalue weighted by Gasteiger charge is -2.38. The first-order valence-electron chi connectivity index (χ1n) is 12.4. The van der Waals surface area contributed by atoms with E-state index in [1.807, 2.05) is 29.2 Å². The van der Waals surface area contributed by atoms with Crippen LogP contribution in [-0.2, 0) is 9.53 Å². The van der Waals surface area contributed by atoms with E-state index in [0.717, 1.165) is 42.1 Å². The van der Waals surface area contributed by atoms with Crippen LogP contribution < -0.4 is 4.90 Å². The van der Waals surface area contributed by atoms with E-state index in [2.05, 4.69) is 33.7 Å². The minimum absolute atomic E-state index is 0.156. The largest absolute Gasteiger partial charge is 0.387 e. The fraction of sp³-hybridized carbons (Fsp3) is 0.577. The summed E-state index contributed by atoms with van der Waals surface area (Å²) in [6.07, 6.45) is 2.44. The van der Waals surface area contributed by atoms with Gasteiger partial charge in [-0.15, -0.1) is 0 Å². The Bertz CT molecular complexity index is 997. The summed E-state index contributed by atoms with van der Waals surface area (Å²) in [5, 5.41) is 11.0. The Kier molecular flexibility index (Phi) is 8.59. The number of halogens is 1. The van der Waals surface area contributed by atoms with Crippen molar-refractivity contribution in [3.05, 3.63) is 52.4 Å². The number of benzene rings is 1. The summed E-state index contributed by atoms with van der Waals surface area (Å²) < 4.78 is 5.19. The maximum absolute atomic E-state index is 13.7. The van der Waals surface area contributed by atoms with Crippen molar-refractivity contribution in [3.63, 3.8) is 0 Å². The second-order valence-electron chi connectivity index (χ2n) is 9.65. The van der Waals surface area contributed by atoms with Gasteiger partial charge in [0.25, 0.3) is 0 Å². The average molecular weight is 502 g/mol. The topological polar surface area (TPSA) is 82.0 Å². The molecule has 1 aromatic carbocycles. The molecule has 0 saturated carbocycles. The Morgan fingerprint density at radius 1 is 1.20 bits per heavy atom. The zero-order chi connectivity index (χ0) is 24.9. The number of rotatable bonds is 9. The maximum atomic E-state index is 13.7. The highest BCUT2D eigenvalue weighted by molar-refractivity contribution is 6.30. The van der Waals surface area contributed by atoms with Gasteiger partial charge in [0, 0.05) is 50.4 Å². The lowest BCUT2D eigenvalue weighted by molar-refractivity contribution is -0.133. The van der Waals surface area contributed by atoms with E-state index in [9.17, 15) is 9.90 Å². The third-order valence-corrected chi connectivity index (χ3v) is 7.47. The van der Waals surface area contributed by atoms with E-state index in [1.165, 1.54) is 0 Å². The fourth-order valence-electron chi connectivity index (χ4n) is 5.15. The number of piperazine rings is 1. The number of likely N-dealkylation sites (N-methyl/N-ethyl adjacent to an activating group) is 1. The van der Waals surface area contributed by atoms with Crippen molar-refractivity contribution in [2.75, 3.05) is 64.9 Å². The van der Waals surface area contributed by atoms with E-state index < -0.39 is 6.10 Å². The zero-order valence-electron chi connectivity index (χ0n) is 20.9. The van der Waals surface area contributed by atoms with Gasteiger partial charge in [0.05, 0.1) is 24.3 Å². The van der Waals surface area contributed by atoms with Gasteiger partial charge in [-0.05, 0) is 50.0 Å². The molecule has 2 aliphatic rings. The molecule has 2 aromatic rings. The van der Waals surface area contributed by atoms with Crippen LogP contribution in [0.1, 0.15) is 54.5 Å². The molecule has 1 aliphatic heterocycles. The van der Waals surface area contributed by atoms with Crippen molar-refractivity contribution in [1.82, 2.24) is 19.8 Å². The summed E-state index contributed by atoms with van der Waals surface area (Å²) in [6, 6.07) is 7.64. The number of carbonyl (C=O) groups is 1. The summed E-state index contributed by atoms with van der Waals surface area (Å²) >= 11 is 6.11. The highest BCUT2D eigenvalue weighted by Crippen LogP contribution is 2.42. The van der Waals surface area contributed by atoms with Gasteiger partial charge in [0.15, 0.2) is 0 Å². The molecule has 1 unspecified atom stereocenters. The summed E-state index contributed by atoms with van der Waals surface area (Å²) in [7, 11) is 3.76. The molecular weight excluding hydrogens is 466 g/mol. The number of nitrogens with zero attached hydrogens (tertiary/aromatic N) is 5. The number of hydrogen-bond donors (Lipinski definition) is 1. The first kappa shape index (κ1) is 25.8. The molecule has 3 atom stereocenters. The molecule has 8 nitrogen and oxygen atoms in total. The maximum Gasteiger partial charge on any atom is 0.230 e. The summed E-state index contributed by atoms with van der Waals surface area (Å²) in [6.45, 7) is 7.10. The summed E-state index contributed by atoms with van der Waals surface area (Å²) in [5.74, 6) is 1.06. The van der Waals surface area contributed by atoms with Gasteiger partial charge < -0.3 is 24.5 Å². The van der Waals surface area contributed by atoms with Crippen molar-refractivity contribution in [1.29, 1.82) is 0 Å². The average Bonchev–Trinajstić information content (AvgIpc) is 3.17. The number of hydrogen-bond acceptors (Lipinski definition) is 7. The lowest BCUT2D eigenvalue weighted by Crippen LogP contribution is -2.50. The van der Waals surface area contributed by atoms with Crippen LogP contribution in [-0.4, -0.2) is 90.8 Å². The SMILES string of the molecule is COCCN(C)CCC(C(=O)N1CCN(c2ncnc3c2[C@H](C)C[C@H]3O)CC1)c1ccc(Cl)cc1. The van der Waals surface area contributed by atoms with Crippen molar-refractivity contribution >= 4 is 23.3 Å². The molecule has 1 amide bonds. The van der Waals surface area contributed by atoms with Gasteiger partial charge in [0.2, 0.25) is 5.91 Å². The van der Waals surface area contributed by atoms with Crippen LogP contribution in [0.5, 0.6) is 0 Å². The number of aliphatic hydroxyl groups is 1. The molecule has 0 bridgehead atoms. The third-order valence-electron chi connectivity index (χ3n) is 7.22. The van der Waals surface area contributed by atoms with Crippen LogP contribution >= 0.6 is 11.6 Å². The van der Waals surface area contributed by atoms with Gasteiger partial charge >= 0.3 is 0 Å². The third kappa shape index (κ3) is 5.94. The summed E-state index contributed by atoms with van der Waals surface area (Å²) in [4.78, 5) is 29.0. The minimum Gasteiger partial charge on any atom is -0.387 e. The van der Waals surface area contributed by atoms with Crippen LogP contribution in [0.4, 0.5) is 5.82 Å². The number of aromatic nitrogens is 2. The number of amides is 1. The minimum atomic E-state index is -0.522. The molecule has 1 N–H and O–H groups in total. The van der Waals surface area contributed by atoms with E-state index in [4.69, 9.17) is 16.3 Å². The number of ether oxygens (including phenoxy) is 1. The van der Waals surface area contributed by atoms with Crippen molar-refractivity contribution < 1.29 is 14.6 Å². The highest BCUT2D eigenvalue weighted by atomic mass is 35.5. The molecule has 1 fully saturated rings. The van der Waals surface area contributed by atoms with Crippen LogP contribution in [0.15, 0.2) is 30.6 Å². The molecule has 190 valence electrons. The number of carbonyl (C=O) groups excluding carboxylic acids is 1. The highest BCUT2D eigenvalue weighted by Gasteiger charge is 2.35. The molecular formula is C26H36ClN5O3. The molecule has 1 aromatic heterocycles. The van der Waals surface area contributed by atoms with E-state index in [1.54, 1.807) is 13.4 Å². The zero-order valence-corrected chi connectivity index (χ0v) is 21.6. The predicted octanol–water partition coefficient (Wildman–Crippen LogP) is 3.07. The first-order valence-corrected chi connectivity index (χ1v) is 12.8. The molecule has 1 aliphatic carbocycles. The van der Waals surface area contributed by atoms with Gasteiger partial charge in [-0.25, -0.2) is 9.97 Å². The number of methoxy groups -OCH3 is 1. The van der Waals surface area contributed by atoms with Gasteiger partial charge in [-0.3, -0.25) is 4.79 Å². The molecule has 2 heterocycles. The Balaban J connectivity index is 1.44. The summed E-state index contributed by atoms with van der Waals surface area (Å²) in [5.41, 5.74) is 2.80. The molecule has 1 saturated heterocycles. The van der Waals surface area contributed by atoms with E-state index in [0.29, 0.717) is 44.2 Å². The van der Waals surface area contributed by atoms with Crippen molar-refractivity contribution in [3.8, 4) is 0 Å². The van der Waals surface area contributed by atoms with Crippen LogP contribution in [0.2, 0.25) is 5.02 Å². The standard InChI is InChI=1S/C26H36ClN5O3/c1-18-16-22(33)24-23(18)25(29-17-28-24)31-10-12-32(13-11-31)26(34)21(8-9-30(2)14-15-35-3)19-4-6-20(27)7-5-19/h4-7,17-18,21-22,33H,8-16H2,1-3H3/t18-,21?,22-/m1/s1. The number of fused-ring (bicyclic) bond motifs is 1. The Hall–Kier alpha value is -2.26. The Morgan fingerprint density at radius 3 is 2.60 bits per heavy atom. The smallest absolute Gasteiger partial charge is 0.230 e. The van der Waals surface area contributed by atoms with E-state index >= 15 is 0 Å². The van der Waals surface area contributed by atoms with Gasteiger partial charge in [-0.2, -0.15) is 0 Å². The van der Waals surface area contributed by atoms with Gasteiger partial charge in [0.1, 0.15) is 12.1 Å². The molecule has 35 heavy (non-hydrogen) atoms. The molecule has 4 rings (SSSR count). The molecule has 9 heteroatoms. The van der Waals surface area contributed by atoms with Crippen molar-refractivity contribution in [2.24, 2.45) is 0 Å². The van der Waals surface area contributed by atoms with Crippen LogP contribution in [0.3, 0.4) is 0 Å². The number of anilines is 1. The second-order valence-corrected chi connectivity index (χ2v) is 10.1.